The summed E-state index contributed by atoms with van der Waals surface area (Å²) in [4.78, 5) is 20.6. The van der Waals surface area contributed by atoms with Crippen LogP contribution in [0.2, 0.25) is 0 Å². The van der Waals surface area contributed by atoms with E-state index in [1.165, 1.54) is 11.3 Å². The summed E-state index contributed by atoms with van der Waals surface area (Å²) in [7, 11) is 0. The van der Waals surface area contributed by atoms with Crippen LogP contribution in [0.15, 0.2) is 53.1 Å². The largest absolute Gasteiger partial charge is 0.457 e. The van der Waals surface area contributed by atoms with Crippen LogP contribution in [0, 0.1) is 6.92 Å². The molecule has 0 atom stereocenters. The molecule has 0 radical (unpaired) electrons. The van der Waals surface area contributed by atoms with Gasteiger partial charge in [-0.1, -0.05) is 34.7 Å². The number of para-hydroxylation sites is 1. The molecule has 8 heteroatoms. The fourth-order valence-corrected chi connectivity index (χ4v) is 3.40. The van der Waals surface area contributed by atoms with E-state index in [2.05, 4.69) is 20.4 Å². The number of nitrogens with zero attached hydrogens (tertiary/aromatic N) is 3. The molecule has 27 heavy (non-hydrogen) atoms. The molecule has 2 aromatic heterocycles. The maximum absolute atomic E-state index is 12.1. The third-order valence-corrected chi connectivity index (χ3v) is 4.65. The topological polar surface area (TPSA) is 90.1 Å². The van der Waals surface area contributed by atoms with Gasteiger partial charge in [-0.15, -0.1) is 0 Å². The SMILES string of the molecule is Cc1noc(CCC(=O)Nc2nc3ccc(Oc4ccccc4)cc3s2)n1. The molecule has 0 aliphatic carbocycles. The van der Waals surface area contributed by atoms with Crippen LogP contribution in [0.4, 0.5) is 5.13 Å². The molecule has 0 unspecified atom stereocenters. The third kappa shape index (κ3) is 4.29. The van der Waals surface area contributed by atoms with E-state index in [1.807, 2.05) is 48.5 Å². The van der Waals surface area contributed by atoms with Crippen molar-refractivity contribution in [3.05, 3.63) is 60.2 Å². The molecule has 1 N–H and O–H groups in total. The zero-order chi connectivity index (χ0) is 18.6. The summed E-state index contributed by atoms with van der Waals surface area (Å²) in [5, 5.41) is 7.07. The lowest BCUT2D eigenvalue weighted by Gasteiger charge is -2.04. The Balaban J connectivity index is 1.41. The van der Waals surface area contributed by atoms with Gasteiger partial charge >= 0.3 is 0 Å². The molecule has 0 spiro atoms. The lowest BCUT2D eigenvalue weighted by molar-refractivity contribution is -0.116. The smallest absolute Gasteiger partial charge is 0.227 e. The van der Waals surface area contributed by atoms with E-state index in [0.29, 0.717) is 23.3 Å². The third-order valence-electron chi connectivity index (χ3n) is 3.72. The number of nitrogens with one attached hydrogen (secondary N) is 1. The highest BCUT2D eigenvalue weighted by atomic mass is 32.1. The predicted molar refractivity (Wildman–Crippen MR) is 102 cm³/mol. The Morgan fingerprint density at radius 2 is 2.00 bits per heavy atom. The van der Waals surface area contributed by atoms with E-state index in [-0.39, 0.29) is 12.3 Å². The summed E-state index contributed by atoms with van der Waals surface area (Å²) in [6, 6.07) is 15.2. The van der Waals surface area contributed by atoms with Gasteiger partial charge in [0.1, 0.15) is 11.5 Å². The molecule has 2 heterocycles. The highest BCUT2D eigenvalue weighted by molar-refractivity contribution is 7.22. The summed E-state index contributed by atoms with van der Waals surface area (Å²) in [5.41, 5.74) is 0.809. The van der Waals surface area contributed by atoms with Gasteiger partial charge in [-0.2, -0.15) is 4.98 Å². The second-order valence-corrected chi connectivity index (χ2v) is 6.88. The summed E-state index contributed by atoms with van der Waals surface area (Å²) < 4.78 is 11.8. The summed E-state index contributed by atoms with van der Waals surface area (Å²) in [6.45, 7) is 1.74. The molecule has 7 nitrogen and oxygen atoms in total. The highest BCUT2D eigenvalue weighted by Crippen LogP contribution is 2.31. The molecule has 0 saturated heterocycles. The molecule has 136 valence electrons. The zero-order valence-corrected chi connectivity index (χ0v) is 15.3. The minimum Gasteiger partial charge on any atom is -0.457 e. The standard InChI is InChI=1S/C19H16N4O3S/c1-12-20-18(26-23-12)10-9-17(24)22-19-21-15-8-7-14(11-16(15)27-19)25-13-5-3-2-4-6-13/h2-8,11H,9-10H2,1H3,(H,21,22,24). The first-order valence-corrected chi connectivity index (χ1v) is 9.20. The van der Waals surface area contributed by atoms with Crippen LogP contribution in [-0.2, 0) is 11.2 Å². The van der Waals surface area contributed by atoms with E-state index in [9.17, 15) is 4.79 Å². The Bertz CT molecular complexity index is 1070. The lowest BCUT2D eigenvalue weighted by Crippen LogP contribution is -2.12. The van der Waals surface area contributed by atoms with Crippen LogP contribution < -0.4 is 10.1 Å². The molecule has 4 aromatic rings. The maximum atomic E-state index is 12.1. The Hall–Kier alpha value is -3.26. The van der Waals surface area contributed by atoms with Gasteiger partial charge in [0, 0.05) is 18.9 Å². The molecule has 0 aliphatic rings. The first-order valence-electron chi connectivity index (χ1n) is 8.38. The van der Waals surface area contributed by atoms with Gasteiger partial charge in [0.15, 0.2) is 11.0 Å². The van der Waals surface area contributed by atoms with Crippen molar-refractivity contribution in [3.63, 3.8) is 0 Å². The van der Waals surface area contributed by atoms with E-state index >= 15 is 0 Å². The van der Waals surface area contributed by atoms with Gasteiger partial charge in [-0.25, -0.2) is 4.98 Å². The van der Waals surface area contributed by atoms with Crippen molar-refractivity contribution in [1.82, 2.24) is 15.1 Å². The van der Waals surface area contributed by atoms with Crippen molar-refractivity contribution in [2.75, 3.05) is 5.32 Å². The molecule has 2 aromatic carbocycles. The van der Waals surface area contributed by atoms with Crippen molar-refractivity contribution < 1.29 is 14.1 Å². The Kier molecular flexibility index (Phi) is 4.80. The van der Waals surface area contributed by atoms with E-state index in [1.54, 1.807) is 6.92 Å². The van der Waals surface area contributed by atoms with Crippen LogP contribution in [0.5, 0.6) is 11.5 Å². The number of aryl methyl sites for hydroxylation is 2. The van der Waals surface area contributed by atoms with Gasteiger partial charge < -0.3 is 14.6 Å². The van der Waals surface area contributed by atoms with E-state index < -0.39 is 0 Å². The number of ether oxygens (including phenoxy) is 1. The van der Waals surface area contributed by atoms with Crippen molar-refractivity contribution in [3.8, 4) is 11.5 Å². The molecule has 4 rings (SSSR count). The molecule has 0 saturated carbocycles. The van der Waals surface area contributed by atoms with Gasteiger partial charge in [0.25, 0.3) is 0 Å². The van der Waals surface area contributed by atoms with Gasteiger partial charge in [-0.3, -0.25) is 4.79 Å². The first kappa shape index (κ1) is 17.2. The fraction of sp³-hybridized carbons (Fsp3) is 0.158. The monoisotopic (exact) mass is 380 g/mol. The summed E-state index contributed by atoms with van der Waals surface area (Å²) in [5.74, 6) is 2.36. The summed E-state index contributed by atoms with van der Waals surface area (Å²) >= 11 is 1.40. The van der Waals surface area contributed by atoms with E-state index in [0.717, 1.165) is 21.7 Å². The highest BCUT2D eigenvalue weighted by Gasteiger charge is 2.11. The molecular formula is C19H16N4O3S. The predicted octanol–water partition coefficient (Wildman–Crippen LogP) is 4.35. The molecule has 0 bridgehead atoms. The maximum Gasteiger partial charge on any atom is 0.227 e. The number of hydrogen-bond donors (Lipinski definition) is 1. The van der Waals surface area contributed by atoms with Crippen molar-refractivity contribution in [2.24, 2.45) is 0 Å². The molecule has 1 amide bonds. The minimum atomic E-state index is -0.148. The number of hydrogen-bond acceptors (Lipinski definition) is 7. The number of fused-ring (bicyclic) bond motifs is 1. The van der Waals surface area contributed by atoms with Crippen molar-refractivity contribution in [1.29, 1.82) is 0 Å². The lowest BCUT2D eigenvalue weighted by atomic mass is 10.3. The first-order chi connectivity index (χ1) is 13.2. The number of aromatic nitrogens is 3. The molecule has 0 fully saturated rings. The van der Waals surface area contributed by atoms with Crippen molar-refractivity contribution >= 4 is 32.6 Å². The average molecular weight is 380 g/mol. The molecular weight excluding hydrogens is 364 g/mol. The second kappa shape index (κ2) is 7.55. The van der Waals surface area contributed by atoms with Gasteiger partial charge in [0.2, 0.25) is 11.8 Å². The fourth-order valence-electron chi connectivity index (χ4n) is 2.49. The molecule has 0 aliphatic heterocycles. The van der Waals surface area contributed by atoms with E-state index in [4.69, 9.17) is 9.26 Å². The van der Waals surface area contributed by atoms with Crippen LogP contribution in [-0.4, -0.2) is 21.0 Å². The number of rotatable bonds is 6. The van der Waals surface area contributed by atoms with Gasteiger partial charge in [-0.05, 0) is 31.2 Å². The van der Waals surface area contributed by atoms with Crippen LogP contribution >= 0.6 is 11.3 Å². The number of benzene rings is 2. The zero-order valence-electron chi connectivity index (χ0n) is 14.5. The van der Waals surface area contributed by atoms with Crippen LogP contribution in [0.3, 0.4) is 0 Å². The number of amides is 1. The van der Waals surface area contributed by atoms with Crippen molar-refractivity contribution in [2.45, 2.75) is 19.8 Å². The average Bonchev–Trinajstić information content (AvgIpc) is 3.26. The Morgan fingerprint density at radius 3 is 2.78 bits per heavy atom. The normalized spacial score (nSPS) is 10.9. The van der Waals surface area contributed by atoms with Crippen LogP contribution in [0.25, 0.3) is 10.2 Å². The number of carbonyl (C=O) groups is 1. The Morgan fingerprint density at radius 1 is 1.15 bits per heavy atom. The number of thiazole rings is 1. The Labute approximate surface area is 159 Å². The number of anilines is 1. The minimum absolute atomic E-state index is 0.148. The van der Waals surface area contributed by atoms with Crippen LogP contribution in [0.1, 0.15) is 18.1 Å². The quantitative estimate of drug-likeness (QED) is 0.535. The number of carbonyl (C=O) groups excluding carboxylic acids is 1. The van der Waals surface area contributed by atoms with Gasteiger partial charge in [0.05, 0.1) is 10.2 Å². The summed E-state index contributed by atoms with van der Waals surface area (Å²) in [6.07, 6.45) is 0.645. The second-order valence-electron chi connectivity index (χ2n) is 5.85.